The van der Waals surface area contributed by atoms with Crippen LogP contribution in [0.2, 0.25) is 0 Å². The van der Waals surface area contributed by atoms with E-state index in [1.54, 1.807) is 6.07 Å². The van der Waals surface area contributed by atoms with Crippen molar-refractivity contribution in [3.63, 3.8) is 0 Å². The second-order valence-corrected chi connectivity index (χ2v) is 4.71. The van der Waals surface area contributed by atoms with Gasteiger partial charge in [-0.15, -0.1) is 0 Å². The molecule has 0 spiro atoms. The van der Waals surface area contributed by atoms with Crippen molar-refractivity contribution in [3.8, 4) is 0 Å². The van der Waals surface area contributed by atoms with E-state index in [-0.39, 0.29) is 5.91 Å². The number of benzene rings is 2. The van der Waals surface area contributed by atoms with Gasteiger partial charge in [-0.25, -0.2) is 0 Å². The second kappa shape index (κ2) is 6.74. The van der Waals surface area contributed by atoms with Gasteiger partial charge in [0, 0.05) is 5.56 Å². The summed E-state index contributed by atoms with van der Waals surface area (Å²) in [4.78, 5) is 11.3. The zero-order valence-electron chi connectivity index (χ0n) is 11.0. The molecule has 2 aromatic carbocycles. The molecule has 2 nitrogen and oxygen atoms in total. The lowest BCUT2D eigenvalue weighted by atomic mass is 9.99. The highest BCUT2D eigenvalue weighted by molar-refractivity contribution is 5.94. The number of carbonyl (C=O) groups is 1. The van der Waals surface area contributed by atoms with Crippen LogP contribution in [0, 0.1) is 0 Å². The van der Waals surface area contributed by atoms with Crippen molar-refractivity contribution in [2.45, 2.75) is 25.7 Å². The molecule has 0 unspecified atom stereocenters. The summed E-state index contributed by atoms with van der Waals surface area (Å²) < 4.78 is 0. The van der Waals surface area contributed by atoms with Crippen molar-refractivity contribution in [3.05, 3.63) is 71.3 Å². The predicted molar refractivity (Wildman–Crippen MR) is 78.0 cm³/mol. The number of amides is 1. The Balaban J connectivity index is 1.85. The average Bonchev–Trinajstić information content (AvgIpc) is 2.45. The first-order valence-electron chi connectivity index (χ1n) is 6.69. The first kappa shape index (κ1) is 13.3. The maximum atomic E-state index is 11.3. The fraction of sp³-hybridized carbons (Fsp3) is 0.235. The Hall–Kier alpha value is -2.09. The summed E-state index contributed by atoms with van der Waals surface area (Å²) in [5.41, 5.74) is 8.45. The monoisotopic (exact) mass is 253 g/mol. The number of carbonyl (C=O) groups excluding carboxylic acids is 1. The SMILES string of the molecule is NC(=O)c1ccccc1CCCCc1ccccc1. The number of hydrogen-bond acceptors (Lipinski definition) is 1. The van der Waals surface area contributed by atoms with Crippen LogP contribution in [0.4, 0.5) is 0 Å². The van der Waals surface area contributed by atoms with Gasteiger partial charge in [-0.3, -0.25) is 4.79 Å². The van der Waals surface area contributed by atoms with Crippen molar-refractivity contribution in [2.75, 3.05) is 0 Å². The van der Waals surface area contributed by atoms with Crippen LogP contribution in [0.1, 0.15) is 34.3 Å². The van der Waals surface area contributed by atoms with Gasteiger partial charge in [0.1, 0.15) is 0 Å². The smallest absolute Gasteiger partial charge is 0.248 e. The van der Waals surface area contributed by atoms with Gasteiger partial charge >= 0.3 is 0 Å². The minimum absolute atomic E-state index is 0.335. The van der Waals surface area contributed by atoms with Crippen LogP contribution in [0.15, 0.2) is 54.6 Å². The van der Waals surface area contributed by atoms with Gasteiger partial charge in [-0.1, -0.05) is 48.5 Å². The zero-order chi connectivity index (χ0) is 13.5. The van der Waals surface area contributed by atoms with E-state index in [1.165, 1.54) is 5.56 Å². The van der Waals surface area contributed by atoms with Crippen LogP contribution in [0.3, 0.4) is 0 Å². The summed E-state index contributed by atoms with van der Waals surface area (Å²) in [5, 5.41) is 0. The molecule has 0 aliphatic carbocycles. The molecule has 0 heterocycles. The molecule has 19 heavy (non-hydrogen) atoms. The molecular formula is C17H19NO. The van der Waals surface area contributed by atoms with Gasteiger partial charge in [-0.05, 0) is 42.9 Å². The van der Waals surface area contributed by atoms with Crippen molar-refractivity contribution < 1.29 is 4.79 Å². The summed E-state index contributed by atoms with van der Waals surface area (Å²) in [5.74, 6) is -0.335. The number of primary amides is 1. The molecular weight excluding hydrogens is 234 g/mol. The maximum Gasteiger partial charge on any atom is 0.248 e. The highest BCUT2D eigenvalue weighted by atomic mass is 16.1. The fourth-order valence-corrected chi connectivity index (χ4v) is 2.27. The Bertz CT molecular complexity index is 534. The normalized spacial score (nSPS) is 10.3. The van der Waals surface area contributed by atoms with Gasteiger partial charge in [0.2, 0.25) is 5.91 Å². The molecule has 0 atom stereocenters. The van der Waals surface area contributed by atoms with E-state index in [4.69, 9.17) is 5.73 Å². The maximum absolute atomic E-state index is 11.3. The Morgan fingerprint density at radius 2 is 1.47 bits per heavy atom. The number of hydrogen-bond donors (Lipinski definition) is 1. The predicted octanol–water partition coefficient (Wildman–Crippen LogP) is 3.35. The third-order valence-corrected chi connectivity index (χ3v) is 3.29. The average molecular weight is 253 g/mol. The van der Waals surface area contributed by atoms with Crippen molar-refractivity contribution in [2.24, 2.45) is 5.73 Å². The molecule has 0 aromatic heterocycles. The van der Waals surface area contributed by atoms with Crippen molar-refractivity contribution >= 4 is 5.91 Å². The quantitative estimate of drug-likeness (QED) is 0.788. The topological polar surface area (TPSA) is 43.1 Å². The molecule has 2 heteroatoms. The molecule has 2 rings (SSSR count). The summed E-state index contributed by atoms with van der Waals surface area (Å²) in [7, 11) is 0. The summed E-state index contributed by atoms with van der Waals surface area (Å²) in [6.07, 6.45) is 4.18. The van der Waals surface area contributed by atoms with Gasteiger partial charge in [0.15, 0.2) is 0 Å². The minimum Gasteiger partial charge on any atom is -0.366 e. The molecule has 0 radical (unpaired) electrons. The fourth-order valence-electron chi connectivity index (χ4n) is 2.27. The minimum atomic E-state index is -0.335. The highest BCUT2D eigenvalue weighted by Gasteiger charge is 2.06. The largest absolute Gasteiger partial charge is 0.366 e. The Morgan fingerprint density at radius 3 is 2.21 bits per heavy atom. The van der Waals surface area contributed by atoms with E-state index >= 15 is 0 Å². The molecule has 1 amide bonds. The summed E-state index contributed by atoms with van der Waals surface area (Å²) >= 11 is 0. The lowest BCUT2D eigenvalue weighted by Crippen LogP contribution is -2.13. The molecule has 0 fully saturated rings. The van der Waals surface area contributed by atoms with Crippen LogP contribution in [0.25, 0.3) is 0 Å². The molecule has 2 aromatic rings. The lowest BCUT2D eigenvalue weighted by Gasteiger charge is -2.06. The van der Waals surface area contributed by atoms with Crippen LogP contribution < -0.4 is 5.73 Å². The van der Waals surface area contributed by atoms with E-state index in [0.717, 1.165) is 31.2 Å². The lowest BCUT2D eigenvalue weighted by molar-refractivity contribution is 0.0999. The van der Waals surface area contributed by atoms with E-state index < -0.39 is 0 Å². The van der Waals surface area contributed by atoms with Gasteiger partial charge < -0.3 is 5.73 Å². The number of nitrogens with two attached hydrogens (primary N) is 1. The van der Waals surface area contributed by atoms with Gasteiger partial charge in [-0.2, -0.15) is 0 Å². The van der Waals surface area contributed by atoms with Crippen LogP contribution in [-0.2, 0) is 12.8 Å². The van der Waals surface area contributed by atoms with E-state index in [1.807, 2.05) is 24.3 Å². The van der Waals surface area contributed by atoms with Crippen LogP contribution in [0.5, 0.6) is 0 Å². The van der Waals surface area contributed by atoms with Gasteiger partial charge in [0.05, 0.1) is 0 Å². The first-order valence-corrected chi connectivity index (χ1v) is 6.69. The van der Waals surface area contributed by atoms with Crippen LogP contribution in [-0.4, -0.2) is 5.91 Å². The second-order valence-electron chi connectivity index (χ2n) is 4.71. The Labute approximate surface area is 114 Å². The van der Waals surface area contributed by atoms with Gasteiger partial charge in [0.25, 0.3) is 0 Å². The van der Waals surface area contributed by atoms with Crippen molar-refractivity contribution in [1.82, 2.24) is 0 Å². The molecule has 0 aliphatic rings. The molecule has 0 bridgehead atoms. The molecule has 98 valence electrons. The van der Waals surface area contributed by atoms with E-state index in [9.17, 15) is 4.79 Å². The Morgan fingerprint density at radius 1 is 0.842 bits per heavy atom. The summed E-state index contributed by atoms with van der Waals surface area (Å²) in [6.45, 7) is 0. The third kappa shape index (κ3) is 3.95. The van der Waals surface area contributed by atoms with Crippen molar-refractivity contribution in [1.29, 1.82) is 0 Å². The Kier molecular flexibility index (Phi) is 4.73. The van der Waals surface area contributed by atoms with E-state index in [0.29, 0.717) is 5.56 Å². The zero-order valence-corrected chi connectivity index (χ0v) is 11.0. The number of unbranched alkanes of at least 4 members (excludes halogenated alkanes) is 1. The third-order valence-electron chi connectivity index (χ3n) is 3.29. The molecule has 0 saturated carbocycles. The number of rotatable bonds is 6. The molecule has 2 N–H and O–H groups in total. The standard InChI is InChI=1S/C17H19NO/c18-17(19)16-13-7-6-12-15(16)11-5-4-10-14-8-2-1-3-9-14/h1-3,6-9,12-13H,4-5,10-11H2,(H2,18,19). The highest BCUT2D eigenvalue weighted by Crippen LogP contribution is 2.13. The molecule has 0 saturated heterocycles. The van der Waals surface area contributed by atoms with Crippen LogP contribution >= 0.6 is 0 Å². The van der Waals surface area contributed by atoms with E-state index in [2.05, 4.69) is 24.3 Å². The molecule has 0 aliphatic heterocycles. The first-order chi connectivity index (χ1) is 9.27. The number of aryl methyl sites for hydroxylation is 2. The summed E-state index contributed by atoms with van der Waals surface area (Å²) in [6, 6.07) is 18.1.